The molecule has 0 radical (unpaired) electrons. The first-order valence-corrected chi connectivity index (χ1v) is 6.78. The Kier molecular flexibility index (Phi) is 6.71. The number of aliphatic hydroxyl groups is 1. The third-order valence-corrected chi connectivity index (χ3v) is 3.08. The Morgan fingerprint density at radius 1 is 1.50 bits per heavy atom. The molecule has 1 aromatic carbocycles. The summed E-state index contributed by atoms with van der Waals surface area (Å²) in [5.74, 6) is -0.137. The van der Waals surface area contributed by atoms with E-state index in [0.29, 0.717) is 17.8 Å². The number of rotatable bonds is 7. The van der Waals surface area contributed by atoms with E-state index in [4.69, 9.17) is 10.4 Å². The number of amides is 1. The predicted molar refractivity (Wildman–Crippen MR) is 78.2 cm³/mol. The van der Waals surface area contributed by atoms with E-state index >= 15 is 0 Å². The van der Waals surface area contributed by atoms with Crippen LogP contribution >= 0.6 is 0 Å². The van der Waals surface area contributed by atoms with Gasteiger partial charge in [0, 0.05) is 12.2 Å². The standard InChI is InChI=1S/C15H21N3O2/c1-3-7-18(8-9-19)12(2)15(20)17-14-6-4-5-13(10-14)11-16/h4-6,10,12,19H,3,7-9H2,1-2H3,(H,17,20). The molecule has 1 aromatic rings. The van der Waals surface area contributed by atoms with Crippen molar-refractivity contribution in [3.63, 3.8) is 0 Å². The van der Waals surface area contributed by atoms with Gasteiger partial charge in [-0.05, 0) is 38.1 Å². The van der Waals surface area contributed by atoms with Crippen LogP contribution in [0.15, 0.2) is 24.3 Å². The van der Waals surface area contributed by atoms with Gasteiger partial charge in [-0.15, -0.1) is 0 Å². The molecule has 0 aliphatic carbocycles. The van der Waals surface area contributed by atoms with Crippen molar-refractivity contribution in [2.45, 2.75) is 26.3 Å². The van der Waals surface area contributed by atoms with Crippen LogP contribution in [0.2, 0.25) is 0 Å². The van der Waals surface area contributed by atoms with Crippen LogP contribution in [0.4, 0.5) is 5.69 Å². The van der Waals surface area contributed by atoms with Crippen molar-refractivity contribution in [1.29, 1.82) is 5.26 Å². The fraction of sp³-hybridized carbons (Fsp3) is 0.467. The summed E-state index contributed by atoms with van der Waals surface area (Å²) in [6, 6.07) is 8.52. The molecule has 0 aromatic heterocycles. The third kappa shape index (κ3) is 4.65. The smallest absolute Gasteiger partial charge is 0.241 e. The molecule has 1 rings (SSSR count). The Balaban J connectivity index is 2.70. The summed E-state index contributed by atoms with van der Waals surface area (Å²) in [5, 5.41) is 20.7. The van der Waals surface area contributed by atoms with Gasteiger partial charge in [0.2, 0.25) is 5.91 Å². The van der Waals surface area contributed by atoms with Crippen LogP contribution in [0.5, 0.6) is 0 Å². The molecule has 0 spiro atoms. The van der Waals surface area contributed by atoms with Gasteiger partial charge in [-0.3, -0.25) is 9.69 Å². The molecule has 108 valence electrons. The molecule has 20 heavy (non-hydrogen) atoms. The zero-order valence-electron chi connectivity index (χ0n) is 12.0. The molecule has 0 heterocycles. The second-order valence-corrected chi connectivity index (χ2v) is 4.62. The minimum atomic E-state index is -0.326. The SMILES string of the molecule is CCCN(CCO)C(C)C(=O)Nc1cccc(C#N)c1. The van der Waals surface area contributed by atoms with E-state index < -0.39 is 0 Å². The van der Waals surface area contributed by atoms with Gasteiger partial charge in [-0.25, -0.2) is 0 Å². The topological polar surface area (TPSA) is 76.4 Å². The number of carbonyl (C=O) groups excluding carboxylic acids is 1. The number of benzene rings is 1. The fourth-order valence-electron chi connectivity index (χ4n) is 1.99. The van der Waals surface area contributed by atoms with Crippen molar-refractivity contribution in [1.82, 2.24) is 4.90 Å². The van der Waals surface area contributed by atoms with Crippen LogP contribution in [-0.2, 0) is 4.79 Å². The number of aliphatic hydroxyl groups excluding tert-OH is 1. The molecule has 0 fully saturated rings. The second-order valence-electron chi connectivity index (χ2n) is 4.62. The molecule has 0 aliphatic rings. The minimum Gasteiger partial charge on any atom is -0.395 e. The van der Waals surface area contributed by atoms with Gasteiger partial charge in [-0.1, -0.05) is 13.0 Å². The normalized spacial score (nSPS) is 11.9. The average molecular weight is 275 g/mol. The highest BCUT2D eigenvalue weighted by Gasteiger charge is 2.20. The Morgan fingerprint density at radius 3 is 2.85 bits per heavy atom. The first-order valence-electron chi connectivity index (χ1n) is 6.78. The van der Waals surface area contributed by atoms with Gasteiger partial charge in [0.15, 0.2) is 0 Å². The van der Waals surface area contributed by atoms with Crippen molar-refractivity contribution >= 4 is 11.6 Å². The van der Waals surface area contributed by atoms with Crippen molar-refractivity contribution in [2.24, 2.45) is 0 Å². The van der Waals surface area contributed by atoms with Crippen LogP contribution in [0, 0.1) is 11.3 Å². The maximum Gasteiger partial charge on any atom is 0.241 e. The van der Waals surface area contributed by atoms with Gasteiger partial charge in [-0.2, -0.15) is 5.26 Å². The van der Waals surface area contributed by atoms with Gasteiger partial charge in [0.25, 0.3) is 0 Å². The van der Waals surface area contributed by atoms with E-state index in [2.05, 4.69) is 5.32 Å². The lowest BCUT2D eigenvalue weighted by molar-refractivity contribution is -0.120. The highest BCUT2D eigenvalue weighted by Crippen LogP contribution is 2.11. The summed E-state index contributed by atoms with van der Waals surface area (Å²) in [6.45, 7) is 5.11. The summed E-state index contributed by atoms with van der Waals surface area (Å²) < 4.78 is 0. The van der Waals surface area contributed by atoms with Crippen LogP contribution in [0.3, 0.4) is 0 Å². The molecule has 1 amide bonds. The van der Waals surface area contributed by atoms with Crippen LogP contribution in [0.1, 0.15) is 25.8 Å². The van der Waals surface area contributed by atoms with Crippen LogP contribution < -0.4 is 5.32 Å². The number of hydrogen-bond donors (Lipinski definition) is 2. The maximum absolute atomic E-state index is 12.2. The van der Waals surface area contributed by atoms with Crippen molar-refractivity contribution < 1.29 is 9.90 Å². The van der Waals surface area contributed by atoms with Gasteiger partial charge >= 0.3 is 0 Å². The van der Waals surface area contributed by atoms with Crippen molar-refractivity contribution in [3.05, 3.63) is 29.8 Å². The Morgan fingerprint density at radius 2 is 2.25 bits per heavy atom. The summed E-state index contributed by atoms with van der Waals surface area (Å²) in [5.41, 5.74) is 1.12. The molecule has 5 heteroatoms. The number of carbonyl (C=O) groups is 1. The predicted octanol–water partition coefficient (Wildman–Crippen LogP) is 1.59. The number of nitriles is 1. The van der Waals surface area contributed by atoms with Crippen LogP contribution in [-0.4, -0.2) is 41.7 Å². The number of hydrogen-bond acceptors (Lipinski definition) is 4. The molecule has 1 atom stereocenters. The molecular formula is C15H21N3O2. The summed E-state index contributed by atoms with van der Waals surface area (Å²) in [6.07, 6.45) is 0.918. The van der Waals surface area contributed by atoms with E-state index in [0.717, 1.165) is 13.0 Å². The van der Waals surface area contributed by atoms with Crippen molar-refractivity contribution in [3.8, 4) is 6.07 Å². The van der Waals surface area contributed by atoms with Gasteiger partial charge in [0.05, 0.1) is 24.3 Å². The number of anilines is 1. The maximum atomic E-state index is 12.2. The number of nitrogens with zero attached hydrogens (tertiary/aromatic N) is 2. The third-order valence-electron chi connectivity index (χ3n) is 3.08. The quantitative estimate of drug-likeness (QED) is 0.792. The monoisotopic (exact) mass is 275 g/mol. The molecule has 2 N–H and O–H groups in total. The molecule has 0 saturated heterocycles. The molecule has 0 aliphatic heterocycles. The van der Waals surface area contributed by atoms with E-state index in [1.807, 2.05) is 24.8 Å². The Labute approximate surface area is 119 Å². The number of nitrogens with one attached hydrogen (secondary N) is 1. The summed E-state index contributed by atoms with van der Waals surface area (Å²) >= 11 is 0. The first kappa shape index (κ1) is 16.2. The Hall–Kier alpha value is -1.90. The van der Waals surface area contributed by atoms with E-state index in [-0.39, 0.29) is 18.6 Å². The van der Waals surface area contributed by atoms with E-state index in [1.165, 1.54) is 0 Å². The minimum absolute atomic E-state index is 0.0293. The average Bonchev–Trinajstić information content (AvgIpc) is 2.46. The summed E-state index contributed by atoms with van der Waals surface area (Å²) in [7, 11) is 0. The van der Waals surface area contributed by atoms with Gasteiger partial charge < -0.3 is 10.4 Å². The van der Waals surface area contributed by atoms with Crippen molar-refractivity contribution in [2.75, 3.05) is 25.0 Å². The van der Waals surface area contributed by atoms with E-state index in [1.54, 1.807) is 24.3 Å². The fourth-order valence-corrected chi connectivity index (χ4v) is 1.99. The zero-order valence-corrected chi connectivity index (χ0v) is 12.0. The van der Waals surface area contributed by atoms with E-state index in [9.17, 15) is 4.79 Å². The lowest BCUT2D eigenvalue weighted by Crippen LogP contribution is -2.43. The molecule has 0 bridgehead atoms. The van der Waals surface area contributed by atoms with Crippen LogP contribution in [0.25, 0.3) is 0 Å². The molecular weight excluding hydrogens is 254 g/mol. The lowest BCUT2D eigenvalue weighted by atomic mass is 10.2. The molecule has 5 nitrogen and oxygen atoms in total. The lowest BCUT2D eigenvalue weighted by Gasteiger charge is -2.27. The summed E-state index contributed by atoms with van der Waals surface area (Å²) in [4.78, 5) is 14.1. The highest BCUT2D eigenvalue weighted by atomic mass is 16.3. The molecule has 1 unspecified atom stereocenters. The second kappa shape index (κ2) is 8.31. The molecule has 0 saturated carbocycles. The zero-order chi connectivity index (χ0) is 15.0. The highest BCUT2D eigenvalue weighted by molar-refractivity contribution is 5.94. The Bertz CT molecular complexity index is 476. The first-order chi connectivity index (χ1) is 9.62. The largest absolute Gasteiger partial charge is 0.395 e. The van der Waals surface area contributed by atoms with Gasteiger partial charge in [0.1, 0.15) is 0 Å².